The van der Waals surface area contributed by atoms with Gasteiger partial charge in [-0.05, 0) is 49.2 Å². The Kier molecular flexibility index (Phi) is 5.76. The van der Waals surface area contributed by atoms with Crippen molar-refractivity contribution in [1.82, 2.24) is 10.3 Å². The SMILES string of the molecule is CCCc1cc(CNC)cc(Oc2ccc(CC)cc2)n1. The lowest BCUT2D eigenvalue weighted by molar-refractivity contribution is 0.459. The fraction of sp³-hybridized carbons (Fsp3) is 0.389. The number of rotatable bonds is 7. The first-order valence-electron chi connectivity index (χ1n) is 7.66. The van der Waals surface area contributed by atoms with Crippen molar-refractivity contribution in [1.29, 1.82) is 0 Å². The summed E-state index contributed by atoms with van der Waals surface area (Å²) in [5.74, 6) is 1.51. The number of aryl methyl sites for hydroxylation is 2. The smallest absolute Gasteiger partial charge is 0.219 e. The first-order valence-corrected chi connectivity index (χ1v) is 7.66. The fourth-order valence-corrected chi connectivity index (χ4v) is 2.28. The summed E-state index contributed by atoms with van der Waals surface area (Å²) >= 11 is 0. The highest BCUT2D eigenvalue weighted by atomic mass is 16.5. The van der Waals surface area contributed by atoms with Gasteiger partial charge in [-0.25, -0.2) is 4.98 Å². The van der Waals surface area contributed by atoms with E-state index in [9.17, 15) is 0 Å². The van der Waals surface area contributed by atoms with Gasteiger partial charge in [-0.15, -0.1) is 0 Å². The van der Waals surface area contributed by atoms with E-state index in [1.165, 1.54) is 11.1 Å². The summed E-state index contributed by atoms with van der Waals surface area (Å²) in [5, 5.41) is 3.18. The van der Waals surface area contributed by atoms with Crippen molar-refractivity contribution in [3.05, 3.63) is 53.2 Å². The van der Waals surface area contributed by atoms with Crippen molar-refractivity contribution in [2.75, 3.05) is 7.05 Å². The van der Waals surface area contributed by atoms with Gasteiger partial charge in [-0.1, -0.05) is 32.4 Å². The number of hydrogen-bond acceptors (Lipinski definition) is 3. The minimum absolute atomic E-state index is 0.676. The Bertz CT molecular complexity index is 540. The van der Waals surface area contributed by atoms with Crippen molar-refractivity contribution in [2.24, 2.45) is 0 Å². The van der Waals surface area contributed by atoms with E-state index in [1.54, 1.807) is 0 Å². The zero-order valence-corrected chi connectivity index (χ0v) is 13.1. The zero-order valence-electron chi connectivity index (χ0n) is 13.1. The fourth-order valence-electron chi connectivity index (χ4n) is 2.28. The highest BCUT2D eigenvalue weighted by Gasteiger charge is 2.05. The summed E-state index contributed by atoms with van der Waals surface area (Å²) < 4.78 is 5.91. The van der Waals surface area contributed by atoms with Crippen LogP contribution in [-0.2, 0) is 19.4 Å². The number of pyridine rings is 1. The quantitative estimate of drug-likeness (QED) is 0.831. The van der Waals surface area contributed by atoms with Gasteiger partial charge in [0, 0.05) is 18.3 Å². The van der Waals surface area contributed by atoms with Crippen molar-refractivity contribution < 1.29 is 4.74 Å². The molecule has 0 spiro atoms. The predicted molar refractivity (Wildman–Crippen MR) is 86.9 cm³/mol. The highest BCUT2D eigenvalue weighted by molar-refractivity contribution is 5.33. The molecule has 0 aliphatic heterocycles. The lowest BCUT2D eigenvalue weighted by atomic mass is 10.1. The zero-order chi connectivity index (χ0) is 15.1. The van der Waals surface area contributed by atoms with Crippen LogP contribution in [-0.4, -0.2) is 12.0 Å². The molecule has 2 rings (SSSR count). The van der Waals surface area contributed by atoms with E-state index in [1.807, 2.05) is 25.2 Å². The number of ether oxygens (including phenoxy) is 1. The summed E-state index contributed by atoms with van der Waals surface area (Å²) in [4.78, 5) is 4.59. The molecule has 3 heteroatoms. The molecule has 0 atom stereocenters. The maximum absolute atomic E-state index is 5.91. The summed E-state index contributed by atoms with van der Waals surface area (Å²) in [6.07, 6.45) is 3.10. The molecule has 0 aliphatic carbocycles. The maximum atomic E-state index is 5.91. The molecule has 1 N–H and O–H groups in total. The minimum Gasteiger partial charge on any atom is -0.439 e. The summed E-state index contributed by atoms with van der Waals surface area (Å²) in [6.45, 7) is 5.14. The molecule has 1 aromatic carbocycles. The predicted octanol–water partition coefficient (Wildman–Crippen LogP) is 4.11. The van der Waals surface area contributed by atoms with Crippen LogP contribution in [0.15, 0.2) is 36.4 Å². The van der Waals surface area contributed by atoms with Gasteiger partial charge in [-0.2, -0.15) is 0 Å². The molecule has 0 amide bonds. The van der Waals surface area contributed by atoms with Crippen LogP contribution in [0, 0.1) is 0 Å². The Morgan fingerprint density at radius 1 is 1.05 bits per heavy atom. The first kappa shape index (κ1) is 15.5. The molecule has 0 fully saturated rings. The van der Waals surface area contributed by atoms with Gasteiger partial charge in [0.1, 0.15) is 5.75 Å². The molecule has 112 valence electrons. The summed E-state index contributed by atoms with van der Waals surface area (Å²) in [5.41, 5.74) is 3.60. The van der Waals surface area contributed by atoms with E-state index in [4.69, 9.17) is 4.74 Å². The van der Waals surface area contributed by atoms with Crippen molar-refractivity contribution in [3.8, 4) is 11.6 Å². The molecule has 0 aliphatic rings. The lowest BCUT2D eigenvalue weighted by Crippen LogP contribution is -2.06. The second-order valence-electron chi connectivity index (χ2n) is 5.18. The molecule has 0 saturated heterocycles. The van der Waals surface area contributed by atoms with Gasteiger partial charge >= 0.3 is 0 Å². The summed E-state index contributed by atoms with van der Waals surface area (Å²) in [7, 11) is 1.95. The number of nitrogens with zero attached hydrogens (tertiary/aromatic N) is 1. The first-order chi connectivity index (χ1) is 10.2. The van der Waals surface area contributed by atoms with Crippen LogP contribution in [0.1, 0.15) is 37.1 Å². The Morgan fingerprint density at radius 2 is 1.81 bits per heavy atom. The Balaban J connectivity index is 2.20. The molecular weight excluding hydrogens is 260 g/mol. The number of aromatic nitrogens is 1. The standard InChI is InChI=1S/C18H24N2O/c1-4-6-16-11-15(13-19-3)12-18(20-16)21-17-9-7-14(5-2)8-10-17/h7-12,19H,4-6,13H2,1-3H3. The van der Waals surface area contributed by atoms with Crippen molar-refractivity contribution in [2.45, 2.75) is 39.7 Å². The van der Waals surface area contributed by atoms with Crippen LogP contribution in [0.4, 0.5) is 0 Å². The average Bonchev–Trinajstić information content (AvgIpc) is 2.48. The van der Waals surface area contributed by atoms with Gasteiger partial charge in [0.15, 0.2) is 0 Å². The largest absolute Gasteiger partial charge is 0.439 e. The van der Waals surface area contributed by atoms with Crippen LogP contribution in [0.25, 0.3) is 0 Å². The molecule has 0 radical (unpaired) electrons. The normalized spacial score (nSPS) is 10.6. The second-order valence-corrected chi connectivity index (χ2v) is 5.18. The van der Waals surface area contributed by atoms with Crippen LogP contribution >= 0.6 is 0 Å². The third-order valence-corrected chi connectivity index (χ3v) is 3.36. The Labute approximate surface area is 127 Å². The van der Waals surface area contributed by atoms with E-state index in [0.29, 0.717) is 5.88 Å². The van der Waals surface area contributed by atoms with Crippen LogP contribution < -0.4 is 10.1 Å². The molecular formula is C18H24N2O. The van der Waals surface area contributed by atoms with Crippen molar-refractivity contribution in [3.63, 3.8) is 0 Å². The minimum atomic E-state index is 0.676. The van der Waals surface area contributed by atoms with Gasteiger partial charge in [0.2, 0.25) is 5.88 Å². The molecule has 2 aromatic rings. The third kappa shape index (κ3) is 4.57. The van der Waals surface area contributed by atoms with Gasteiger partial charge in [-0.3, -0.25) is 0 Å². The Hall–Kier alpha value is -1.87. The second kappa shape index (κ2) is 7.79. The molecule has 21 heavy (non-hydrogen) atoms. The maximum Gasteiger partial charge on any atom is 0.219 e. The van der Waals surface area contributed by atoms with E-state index < -0.39 is 0 Å². The van der Waals surface area contributed by atoms with Gasteiger partial charge in [0.05, 0.1) is 0 Å². The van der Waals surface area contributed by atoms with Crippen molar-refractivity contribution >= 4 is 0 Å². The molecule has 1 heterocycles. The van der Waals surface area contributed by atoms with Crippen LogP contribution in [0.5, 0.6) is 11.6 Å². The lowest BCUT2D eigenvalue weighted by Gasteiger charge is -2.10. The molecule has 0 bridgehead atoms. The topological polar surface area (TPSA) is 34.1 Å². The number of nitrogens with one attached hydrogen (secondary N) is 1. The van der Waals surface area contributed by atoms with E-state index >= 15 is 0 Å². The van der Waals surface area contributed by atoms with E-state index in [-0.39, 0.29) is 0 Å². The monoisotopic (exact) mass is 284 g/mol. The van der Waals surface area contributed by atoms with Crippen LogP contribution in [0.2, 0.25) is 0 Å². The number of hydrogen-bond donors (Lipinski definition) is 1. The average molecular weight is 284 g/mol. The molecule has 0 unspecified atom stereocenters. The third-order valence-electron chi connectivity index (χ3n) is 3.36. The van der Waals surface area contributed by atoms with Gasteiger partial charge in [0.25, 0.3) is 0 Å². The molecule has 1 aromatic heterocycles. The van der Waals surface area contributed by atoms with Gasteiger partial charge < -0.3 is 10.1 Å². The van der Waals surface area contributed by atoms with E-state index in [2.05, 4.69) is 42.3 Å². The van der Waals surface area contributed by atoms with Crippen LogP contribution in [0.3, 0.4) is 0 Å². The summed E-state index contributed by atoms with van der Waals surface area (Å²) in [6, 6.07) is 12.4. The van der Waals surface area contributed by atoms with E-state index in [0.717, 1.165) is 37.3 Å². The highest BCUT2D eigenvalue weighted by Crippen LogP contribution is 2.22. The molecule has 0 saturated carbocycles. The molecule has 3 nitrogen and oxygen atoms in total. The Morgan fingerprint density at radius 3 is 2.43 bits per heavy atom. The number of benzene rings is 1.